The Kier molecular flexibility index (Phi) is 12.3. The van der Waals surface area contributed by atoms with E-state index in [1.165, 1.54) is 6.20 Å². The fourth-order valence-electron chi connectivity index (χ4n) is 5.74. The van der Waals surface area contributed by atoms with E-state index in [1.54, 1.807) is 24.4 Å². The van der Waals surface area contributed by atoms with Gasteiger partial charge in [-0.2, -0.15) is 5.26 Å². The molecule has 1 heterocycles. The van der Waals surface area contributed by atoms with Crippen molar-refractivity contribution in [2.24, 2.45) is 11.5 Å². The number of primary amides is 2. The van der Waals surface area contributed by atoms with Crippen LogP contribution in [0.5, 0.6) is 17.2 Å². The fourth-order valence-corrected chi connectivity index (χ4v) is 6.25. The molecule has 3 aromatic carbocycles. The Balaban J connectivity index is 1.36. The molecule has 2 amide bonds. The first kappa shape index (κ1) is 35.5. The summed E-state index contributed by atoms with van der Waals surface area (Å²) in [5.41, 5.74) is 16.5. The highest BCUT2D eigenvalue weighted by Crippen LogP contribution is 2.45. The van der Waals surface area contributed by atoms with Crippen molar-refractivity contribution in [3.05, 3.63) is 105 Å². The van der Waals surface area contributed by atoms with E-state index in [2.05, 4.69) is 22.4 Å². The zero-order chi connectivity index (χ0) is 34.8. The van der Waals surface area contributed by atoms with E-state index < -0.39 is 5.91 Å². The Morgan fingerprint density at radius 2 is 1.73 bits per heavy atom. The highest BCUT2D eigenvalue weighted by Gasteiger charge is 2.28. The zero-order valence-electron chi connectivity index (χ0n) is 26.8. The first-order chi connectivity index (χ1) is 23.7. The molecule has 0 bridgehead atoms. The molecule has 0 radical (unpaired) electrons. The molecule has 1 aliphatic rings. The molecule has 49 heavy (non-hydrogen) atoms. The van der Waals surface area contributed by atoms with E-state index in [4.69, 9.17) is 48.9 Å². The molecule has 4 aromatic rings. The first-order valence-corrected chi connectivity index (χ1v) is 16.8. The number of amides is 2. The van der Waals surface area contributed by atoms with Gasteiger partial charge in [0, 0.05) is 48.1 Å². The van der Waals surface area contributed by atoms with Gasteiger partial charge in [-0.1, -0.05) is 53.5 Å². The van der Waals surface area contributed by atoms with Gasteiger partial charge in [0.1, 0.15) is 36.0 Å². The smallest absolute Gasteiger partial charge is 0.220 e. The molecule has 254 valence electrons. The number of benzene rings is 3. The van der Waals surface area contributed by atoms with Gasteiger partial charge in [0.15, 0.2) is 0 Å². The summed E-state index contributed by atoms with van der Waals surface area (Å²) >= 11 is 13.6. The van der Waals surface area contributed by atoms with E-state index in [0.717, 1.165) is 52.6 Å². The molecule has 0 spiro atoms. The van der Waals surface area contributed by atoms with Crippen LogP contribution in [0.4, 0.5) is 0 Å². The number of fused-ring (bicyclic) bond motifs is 1. The van der Waals surface area contributed by atoms with Crippen molar-refractivity contribution in [1.29, 1.82) is 5.26 Å². The third-order valence-electron chi connectivity index (χ3n) is 8.12. The van der Waals surface area contributed by atoms with Crippen molar-refractivity contribution in [3.63, 3.8) is 0 Å². The van der Waals surface area contributed by atoms with Crippen LogP contribution in [0, 0.1) is 11.3 Å². The van der Waals surface area contributed by atoms with Gasteiger partial charge >= 0.3 is 0 Å². The maximum absolute atomic E-state index is 11.2. The molecular weight excluding hydrogens is 665 g/mol. The number of pyridine rings is 1. The molecular formula is C37H37Cl2N5O5. The van der Waals surface area contributed by atoms with Crippen LogP contribution in [0.3, 0.4) is 0 Å². The van der Waals surface area contributed by atoms with E-state index in [1.807, 2.05) is 30.3 Å². The fraction of sp³-hybridized carbons (Fsp3) is 0.297. The summed E-state index contributed by atoms with van der Waals surface area (Å²) in [4.78, 5) is 26.4. The number of ether oxygens (including phenoxy) is 3. The lowest BCUT2D eigenvalue weighted by Gasteiger charge is -2.20. The number of nitriles is 1. The summed E-state index contributed by atoms with van der Waals surface area (Å²) in [6.07, 6.45) is 6.33. The maximum Gasteiger partial charge on any atom is 0.220 e. The molecule has 0 fully saturated rings. The molecule has 1 aromatic heterocycles. The lowest BCUT2D eigenvalue weighted by Crippen LogP contribution is -2.17. The average molecular weight is 703 g/mol. The number of unbranched alkanes of at least 4 members (excludes halogenated alkanes) is 1. The van der Waals surface area contributed by atoms with Crippen LogP contribution in [-0.2, 0) is 29.2 Å². The van der Waals surface area contributed by atoms with E-state index >= 15 is 0 Å². The summed E-state index contributed by atoms with van der Waals surface area (Å²) in [5.74, 6) is 0.796. The Hall–Kier alpha value is -4.82. The van der Waals surface area contributed by atoms with Crippen molar-refractivity contribution < 1.29 is 23.8 Å². The van der Waals surface area contributed by atoms with Crippen molar-refractivity contribution in [1.82, 2.24) is 10.3 Å². The Labute approximate surface area is 295 Å². The molecule has 0 saturated carbocycles. The Bertz CT molecular complexity index is 1860. The maximum atomic E-state index is 11.2. The van der Waals surface area contributed by atoms with Gasteiger partial charge in [0.05, 0.1) is 28.6 Å². The van der Waals surface area contributed by atoms with E-state index in [0.29, 0.717) is 58.8 Å². The van der Waals surface area contributed by atoms with Crippen LogP contribution < -0.4 is 31.0 Å². The number of nitrogens with two attached hydrogens (primary N) is 2. The minimum Gasteiger partial charge on any atom is -0.491 e. The van der Waals surface area contributed by atoms with Crippen LogP contribution >= 0.6 is 23.2 Å². The van der Waals surface area contributed by atoms with Crippen molar-refractivity contribution in [2.45, 2.75) is 57.8 Å². The van der Waals surface area contributed by atoms with Crippen LogP contribution in [0.15, 0.2) is 67.0 Å². The van der Waals surface area contributed by atoms with Crippen molar-refractivity contribution in [2.75, 3.05) is 13.2 Å². The number of hydrogen-bond donors (Lipinski definition) is 3. The normalized spacial score (nSPS) is 13.4. The second kappa shape index (κ2) is 17.0. The van der Waals surface area contributed by atoms with Gasteiger partial charge in [0.25, 0.3) is 0 Å². The zero-order valence-corrected chi connectivity index (χ0v) is 28.4. The minimum atomic E-state index is -0.444. The van der Waals surface area contributed by atoms with Crippen LogP contribution in [-0.4, -0.2) is 29.9 Å². The predicted octanol–water partition coefficient (Wildman–Crippen LogP) is 6.57. The van der Waals surface area contributed by atoms with Crippen molar-refractivity contribution >= 4 is 35.0 Å². The van der Waals surface area contributed by atoms with Crippen LogP contribution in [0.2, 0.25) is 10.0 Å². The summed E-state index contributed by atoms with van der Waals surface area (Å²) in [7, 11) is 0. The monoisotopic (exact) mass is 701 g/mol. The number of carbonyl (C=O) groups excluding carboxylic acids is 2. The number of halogens is 2. The second-order valence-corrected chi connectivity index (χ2v) is 12.5. The second-order valence-electron chi connectivity index (χ2n) is 11.7. The average Bonchev–Trinajstić information content (AvgIpc) is 3.50. The standard InChI is InChI=1S/C37H37Cl2N5O5/c38-30-16-25(21-43-13-2-1-9-35(41)45)33(48-22-24-15-23(18-40)19-44-20-24)17-34(30)49-31-11-10-27-26(5-3-6-28(27)31)29-7-4-8-32(37(29)39)47-14-12-36(42)46/h3-8,15-17,19-20,31,43H,1-2,9-14,21-22H2,(H2,41,45)(H2,42,46)/t31-/m0/s1. The van der Waals surface area contributed by atoms with E-state index in [-0.39, 0.29) is 31.6 Å². The summed E-state index contributed by atoms with van der Waals surface area (Å²) in [5, 5.41) is 13.6. The quantitative estimate of drug-likeness (QED) is 0.104. The largest absolute Gasteiger partial charge is 0.491 e. The van der Waals surface area contributed by atoms with E-state index in [9.17, 15) is 14.9 Å². The van der Waals surface area contributed by atoms with Gasteiger partial charge in [-0.05, 0) is 67.1 Å². The summed E-state index contributed by atoms with van der Waals surface area (Å²) in [6.45, 7) is 1.49. The molecule has 5 N–H and O–H groups in total. The number of nitrogens with zero attached hydrogens (tertiary/aromatic N) is 2. The number of hydrogen-bond acceptors (Lipinski definition) is 8. The molecule has 0 saturated heterocycles. The van der Waals surface area contributed by atoms with Crippen LogP contribution in [0.1, 0.15) is 66.0 Å². The third-order valence-corrected chi connectivity index (χ3v) is 8.81. The highest BCUT2D eigenvalue weighted by atomic mass is 35.5. The van der Waals surface area contributed by atoms with Gasteiger partial charge in [-0.25, -0.2) is 0 Å². The van der Waals surface area contributed by atoms with Crippen molar-refractivity contribution in [3.8, 4) is 34.4 Å². The number of nitrogens with one attached hydrogen (secondary N) is 1. The molecule has 12 heteroatoms. The lowest BCUT2D eigenvalue weighted by molar-refractivity contribution is -0.119. The van der Waals surface area contributed by atoms with Gasteiger partial charge < -0.3 is 31.0 Å². The molecule has 1 atom stereocenters. The number of aromatic nitrogens is 1. The molecule has 0 aliphatic heterocycles. The number of rotatable bonds is 17. The number of carbonyl (C=O) groups is 2. The molecule has 1 aliphatic carbocycles. The molecule has 5 rings (SSSR count). The van der Waals surface area contributed by atoms with Gasteiger partial charge in [-0.15, -0.1) is 0 Å². The topological polar surface area (TPSA) is 163 Å². The minimum absolute atomic E-state index is 0.0944. The summed E-state index contributed by atoms with van der Waals surface area (Å²) in [6, 6.07) is 19.1. The third kappa shape index (κ3) is 9.42. The van der Waals surface area contributed by atoms with Gasteiger partial charge in [0.2, 0.25) is 11.8 Å². The predicted molar refractivity (Wildman–Crippen MR) is 187 cm³/mol. The summed E-state index contributed by atoms with van der Waals surface area (Å²) < 4.78 is 18.6. The van der Waals surface area contributed by atoms with Gasteiger partial charge in [-0.3, -0.25) is 14.6 Å². The lowest BCUT2D eigenvalue weighted by atomic mass is 9.96. The Morgan fingerprint density at radius 3 is 2.53 bits per heavy atom. The first-order valence-electron chi connectivity index (χ1n) is 16.0. The SMILES string of the molecule is N#Cc1cncc(COc2cc(O[C@H]3CCc4c(-c5cccc(OCCC(N)=O)c5Cl)cccc43)c(Cl)cc2CNCCCCC(N)=O)c1. The molecule has 10 nitrogen and oxygen atoms in total. The van der Waals surface area contributed by atoms with Crippen LogP contribution in [0.25, 0.3) is 11.1 Å². The molecule has 0 unspecified atom stereocenters. The highest BCUT2D eigenvalue weighted by molar-refractivity contribution is 6.35. The Morgan fingerprint density at radius 1 is 0.939 bits per heavy atom.